The lowest BCUT2D eigenvalue weighted by Crippen LogP contribution is -2.20. The van der Waals surface area contributed by atoms with Gasteiger partial charge in [-0.2, -0.15) is 4.52 Å². The number of aromatic nitrogens is 4. The number of hydrogen-bond acceptors (Lipinski definition) is 5. The van der Waals surface area contributed by atoms with Crippen molar-refractivity contribution < 1.29 is 0 Å². The van der Waals surface area contributed by atoms with Crippen molar-refractivity contribution in [3.63, 3.8) is 0 Å². The molecule has 0 radical (unpaired) electrons. The molecule has 4 rings (SSSR count). The van der Waals surface area contributed by atoms with Crippen molar-refractivity contribution in [1.29, 1.82) is 0 Å². The molecule has 0 N–H and O–H groups in total. The zero-order chi connectivity index (χ0) is 16.0. The summed E-state index contributed by atoms with van der Waals surface area (Å²) in [4.78, 5) is 12.6. The normalized spacial score (nSPS) is 11.4. The van der Waals surface area contributed by atoms with E-state index in [4.69, 9.17) is 16.6 Å². The van der Waals surface area contributed by atoms with Crippen molar-refractivity contribution >= 4 is 45.4 Å². The molecule has 5 nitrogen and oxygen atoms in total. The van der Waals surface area contributed by atoms with Gasteiger partial charge < -0.3 is 4.90 Å². The summed E-state index contributed by atoms with van der Waals surface area (Å²) < 4.78 is 2.61. The van der Waals surface area contributed by atoms with E-state index >= 15 is 0 Å². The van der Waals surface area contributed by atoms with Crippen LogP contribution in [0.25, 0.3) is 16.6 Å². The number of nitrogens with zero attached hydrogens (tertiary/aromatic N) is 5. The van der Waals surface area contributed by atoms with Crippen molar-refractivity contribution in [3.8, 4) is 0 Å². The van der Waals surface area contributed by atoms with Crippen molar-refractivity contribution in [3.05, 3.63) is 51.4 Å². The monoisotopic (exact) mass is 343 g/mol. The topological polar surface area (TPSA) is 46.3 Å². The van der Waals surface area contributed by atoms with E-state index in [1.807, 2.05) is 54.9 Å². The smallest absolute Gasteiger partial charge is 0.229 e. The summed E-state index contributed by atoms with van der Waals surface area (Å²) in [6.45, 7) is 2.61. The number of anilines is 1. The second-order valence-corrected chi connectivity index (χ2v) is 7.18. The van der Waals surface area contributed by atoms with Crippen molar-refractivity contribution in [2.45, 2.75) is 13.5 Å². The first kappa shape index (κ1) is 14.4. The van der Waals surface area contributed by atoms with Crippen molar-refractivity contribution in [2.24, 2.45) is 0 Å². The maximum atomic E-state index is 6.02. The molecule has 0 bridgehead atoms. The minimum absolute atomic E-state index is 0.719. The highest BCUT2D eigenvalue weighted by Crippen LogP contribution is 2.26. The van der Waals surface area contributed by atoms with Crippen LogP contribution in [0.5, 0.6) is 0 Å². The molecule has 0 amide bonds. The minimum atomic E-state index is 0.719. The third kappa shape index (κ3) is 2.54. The zero-order valence-corrected chi connectivity index (χ0v) is 14.3. The fourth-order valence-corrected chi connectivity index (χ4v) is 3.77. The van der Waals surface area contributed by atoms with E-state index in [-0.39, 0.29) is 0 Å². The number of aryl methyl sites for hydroxylation is 1. The number of benzene rings is 1. The highest BCUT2D eigenvalue weighted by atomic mass is 35.5. The SMILES string of the molecule is Cc1nc2c3ccccc3nc(N(C)Cc3ccc(Cl)s3)n2n1. The maximum absolute atomic E-state index is 6.02. The molecule has 7 heteroatoms. The average molecular weight is 344 g/mol. The fourth-order valence-electron chi connectivity index (χ4n) is 2.63. The Kier molecular flexibility index (Phi) is 3.43. The average Bonchev–Trinajstić information content (AvgIpc) is 3.11. The Hall–Kier alpha value is -2.18. The summed E-state index contributed by atoms with van der Waals surface area (Å²) >= 11 is 7.60. The van der Waals surface area contributed by atoms with Gasteiger partial charge in [-0.05, 0) is 31.2 Å². The quantitative estimate of drug-likeness (QED) is 0.565. The molecule has 4 aromatic rings. The van der Waals surface area contributed by atoms with E-state index in [1.54, 1.807) is 11.3 Å². The van der Waals surface area contributed by atoms with Gasteiger partial charge in [0, 0.05) is 17.3 Å². The molecular formula is C16H14ClN5S. The predicted octanol–water partition coefficient (Wildman–Crippen LogP) is 3.94. The highest BCUT2D eigenvalue weighted by Gasteiger charge is 2.15. The second-order valence-electron chi connectivity index (χ2n) is 5.39. The molecule has 0 fully saturated rings. The Morgan fingerprint density at radius 2 is 2.00 bits per heavy atom. The summed E-state index contributed by atoms with van der Waals surface area (Å²) in [6, 6.07) is 11.9. The van der Waals surface area contributed by atoms with Gasteiger partial charge in [-0.25, -0.2) is 9.97 Å². The van der Waals surface area contributed by atoms with E-state index in [1.165, 1.54) is 4.88 Å². The lowest BCUT2D eigenvalue weighted by molar-refractivity contribution is 0.815. The Labute approximate surface area is 142 Å². The van der Waals surface area contributed by atoms with Crippen LogP contribution in [0.15, 0.2) is 36.4 Å². The summed E-state index contributed by atoms with van der Waals surface area (Å²) in [5, 5.41) is 5.51. The number of rotatable bonds is 3. The predicted molar refractivity (Wildman–Crippen MR) is 94.5 cm³/mol. The van der Waals surface area contributed by atoms with E-state index < -0.39 is 0 Å². The van der Waals surface area contributed by atoms with Gasteiger partial charge in [0.15, 0.2) is 5.65 Å². The van der Waals surface area contributed by atoms with Crippen LogP contribution in [0.1, 0.15) is 10.7 Å². The van der Waals surface area contributed by atoms with Crippen LogP contribution in [0.3, 0.4) is 0 Å². The number of thiophene rings is 1. The van der Waals surface area contributed by atoms with Gasteiger partial charge in [0.1, 0.15) is 5.82 Å². The molecule has 1 aromatic carbocycles. The summed E-state index contributed by atoms with van der Waals surface area (Å²) in [7, 11) is 2.00. The number of halogens is 1. The van der Waals surface area contributed by atoms with Gasteiger partial charge in [0.25, 0.3) is 0 Å². The molecular weight excluding hydrogens is 330 g/mol. The Bertz CT molecular complexity index is 1010. The second kappa shape index (κ2) is 5.47. The highest BCUT2D eigenvalue weighted by molar-refractivity contribution is 7.16. The molecule has 0 aliphatic carbocycles. The van der Waals surface area contributed by atoms with Crippen LogP contribution in [-0.4, -0.2) is 26.6 Å². The van der Waals surface area contributed by atoms with Crippen LogP contribution in [0.2, 0.25) is 4.34 Å². The molecule has 0 unspecified atom stereocenters. The number of hydrogen-bond donors (Lipinski definition) is 0. The third-order valence-electron chi connectivity index (χ3n) is 3.63. The standard InChI is InChI=1S/C16H14ClN5S/c1-10-18-15-12-5-3-4-6-13(12)19-16(22(15)20-10)21(2)9-11-7-8-14(17)23-11/h3-8H,9H2,1-2H3. The van der Waals surface area contributed by atoms with Gasteiger partial charge >= 0.3 is 0 Å². The molecule has 0 aliphatic rings. The third-order valence-corrected chi connectivity index (χ3v) is 4.85. The summed E-state index contributed by atoms with van der Waals surface area (Å²) in [5.41, 5.74) is 1.75. The van der Waals surface area contributed by atoms with E-state index in [0.717, 1.165) is 39.2 Å². The Morgan fingerprint density at radius 3 is 2.78 bits per heavy atom. The first-order chi connectivity index (χ1) is 11.1. The lowest BCUT2D eigenvalue weighted by Gasteiger charge is -2.18. The van der Waals surface area contributed by atoms with Crippen LogP contribution >= 0.6 is 22.9 Å². The number of para-hydroxylation sites is 1. The first-order valence-electron chi connectivity index (χ1n) is 7.19. The minimum Gasteiger partial charge on any atom is -0.339 e. The molecule has 0 aliphatic heterocycles. The van der Waals surface area contributed by atoms with Crippen molar-refractivity contribution in [1.82, 2.24) is 19.6 Å². The maximum Gasteiger partial charge on any atom is 0.229 e. The van der Waals surface area contributed by atoms with Crippen LogP contribution < -0.4 is 4.90 Å². The molecule has 116 valence electrons. The van der Waals surface area contributed by atoms with Gasteiger partial charge in [0.05, 0.1) is 16.4 Å². The van der Waals surface area contributed by atoms with E-state index in [9.17, 15) is 0 Å². The Balaban J connectivity index is 1.86. The molecule has 3 heterocycles. The van der Waals surface area contributed by atoms with Crippen LogP contribution in [-0.2, 0) is 6.54 Å². The van der Waals surface area contributed by atoms with Gasteiger partial charge in [-0.1, -0.05) is 23.7 Å². The molecule has 3 aromatic heterocycles. The summed E-state index contributed by atoms with van der Waals surface area (Å²) in [6.07, 6.45) is 0. The molecule has 23 heavy (non-hydrogen) atoms. The van der Waals surface area contributed by atoms with Crippen molar-refractivity contribution in [2.75, 3.05) is 11.9 Å². The van der Waals surface area contributed by atoms with Crippen LogP contribution in [0.4, 0.5) is 5.95 Å². The molecule has 0 spiro atoms. The molecule has 0 atom stereocenters. The number of fused-ring (bicyclic) bond motifs is 3. The Morgan fingerprint density at radius 1 is 1.17 bits per heavy atom. The zero-order valence-electron chi connectivity index (χ0n) is 12.7. The summed E-state index contributed by atoms with van der Waals surface area (Å²) in [5.74, 6) is 1.50. The fraction of sp³-hybridized carbons (Fsp3) is 0.188. The molecule has 0 saturated carbocycles. The lowest BCUT2D eigenvalue weighted by atomic mass is 10.2. The van der Waals surface area contributed by atoms with E-state index in [2.05, 4.69) is 15.0 Å². The van der Waals surface area contributed by atoms with Gasteiger partial charge in [-0.3, -0.25) is 0 Å². The largest absolute Gasteiger partial charge is 0.339 e. The van der Waals surface area contributed by atoms with Crippen LogP contribution in [0, 0.1) is 6.92 Å². The molecule has 0 saturated heterocycles. The van der Waals surface area contributed by atoms with Gasteiger partial charge in [-0.15, -0.1) is 16.4 Å². The van der Waals surface area contributed by atoms with Gasteiger partial charge in [0.2, 0.25) is 5.95 Å². The van der Waals surface area contributed by atoms with E-state index in [0.29, 0.717) is 0 Å². The first-order valence-corrected chi connectivity index (χ1v) is 8.39.